The Hall–Kier alpha value is -0.660. The molecule has 0 saturated heterocycles. The molecule has 0 bridgehead atoms. The van der Waals surface area contributed by atoms with Gasteiger partial charge in [0.1, 0.15) is 0 Å². The highest BCUT2D eigenvalue weighted by Gasteiger charge is 2.20. The molecule has 0 radical (unpaired) electrons. The van der Waals surface area contributed by atoms with Crippen LogP contribution in [0, 0.1) is 5.92 Å². The monoisotopic (exact) mass is 263 g/mol. The van der Waals surface area contributed by atoms with Gasteiger partial charge in [0.05, 0.1) is 11.8 Å². The zero-order valence-electron chi connectivity index (χ0n) is 10.1. The van der Waals surface area contributed by atoms with Gasteiger partial charge in [-0.25, -0.2) is 13.1 Å². The van der Waals surface area contributed by atoms with E-state index in [0.29, 0.717) is 12.5 Å². The van der Waals surface area contributed by atoms with E-state index in [1.807, 2.05) is 0 Å². The van der Waals surface area contributed by atoms with Crippen LogP contribution in [0.2, 0.25) is 0 Å². The van der Waals surface area contributed by atoms with Crippen LogP contribution in [0.15, 0.2) is 0 Å². The summed E-state index contributed by atoms with van der Waals surface area (Å²) in [5, 5.41) is 2.47. The smallest absolute Gasteiger partial charge is 0.236 e. The van der Waals surface area contributed by atoms with Gasteiger partial charge in [-0.1, -0.05) is 6.42 Å². The van der Waals surface area contributed by atoms with Crippen LogP contribution in [0.4, 0.5) is 0 Å². The van der Waals surface area contributed by atoms with Gasteiger partial charge in [-0.15, -0.1) is 0 Å². The fourth-order valence-corrected chi connectivity index (χ4v) is 2.49. The first-order chi connectivity index (χ1) is 7.91. The van der Waals surface area contributed by atoms with E-state index in [0.717, 1.165) is 12.8 Å². The zero-order valence-corrected chi connectivity index (χ0v) is 10.9. The van der Waals surface area contributed by atoms with Gasteiger partial charge in [0.25, 0.3) is 0 Å². The number of hydrogen-bond acceptors (Lipinski definition) is 4. The number of hydrogen-bond donors (Lipinski definition) is 3. The van der Waals surface area contributed by atoms with Crippen LogP contribution in [0.25, 0.3) is 0 Å². The number of sulfonamides is 1. The highest BCUT2D eigenvalue weighted by atomic mass is 32.2. The molecule has 0 aliphatic heterocycles. The first-order valence-electron chi connectivity index (χ1n) is 5.91. The molecule has 0 unspecified atom stereocenters. The van der Waals surface area contributed by atoms with Crippen LogP contribution in [0.3, 0.4) is 0 Å². The fraction of sp³-hybridized carbons (Fsp3) is 0.900. The van der Waals surface area contributed by atoms with Crippen molar-refractivity contribution in [3.8, 4) is 0 Å². The molecule has 0 heterocycles. The molecule has 100 valence electrons. The number of nitrogens with one attached hydrogen (secondary N) is 2. The molecule has 1 fully saturated rings. The van der Waals surface area contributed by atoms with Crippen molar-refractivity contribution in [2.24, 2.45) is 11.7 Å². The Morgan fingerprint density at radius 2 is 2.12 bits per heavy atom. The van der Waals surface area contributed by atoms with E-state index in [2.05, 4.69) is 10.0 Å². The molecule has 4 N–H and O–H groups in total. The normalized spacial score (nSPS) is 18.5. The lowest BCUT2D eigenvalue weighted by Gasteiger charge is -2.25. The Bertz CT molecular complexity index is 350. The van der Waals surface area contributed by atoms with Crippen LogP contribution in [-0.2, 0) is 14.8 Å². The van der Waals surface area contributed by atoms with Crippen LogP contribution < -0.4 is 15.8 Å². The Kier molecular flexibility index (Phi) is 5.35. The van der Waals surface area contributed by atoms with E-state index in [-0.39, 0.29) is 18.2 Å². The minimum Gasteiger partial charge on any atom is -0.354 e. The van der Waals surface area contributed by atoms with E-state index in [1.165, 1.54) is 6.42 Å². The van der Waals surface area contributed by atoms with Crippen LogP contribution in [0.1, 0.15) is 26.2 Å². The van der Waals surface area contributed by atoms with Gasteiger partial charge < -0.3 is 11.1 Å². The first kappa shape index (κ1) is 14.4. The molecule has 6 nitrogen and oxygen atoms in total. The second kappa shape index (κ2) is 6.32. The predicted octanol–water partition coefficient (Wildman–Crippen LogP) is -0.831. The van der Waals surface area contributed by atoms with Crippen molar-refractivity contribution in [2.75, 3.05) is 18.8 Å². The molecular formula is C10H21N3O3S. The lowest BCUT2D eigenvalue weighted by molar-refractivity contribution is -0.121. The van der Waals surface area contributed by atoms with Gasteiger partial charge in [-0.2, -0.15) is 0 Å². The van der Waals surface area contributed by atoms with E-state index < -0.39 is 16.1 Å². The van der Waals surface area contributed by atoms with Crippen LogP contribution >= 0.6 is 0 Å². The average Bonchev–Trinajstić information content (AvgIpc) is 2.14. The summed E-state index contributed by atoms with van der Waals surface area (Å²) >= 11 is 0. The molecular weight excluding hydrogens is 242 g/mol. The molecule has 0 aromatic heterocycles. The Labute approximate surface area is 102 Å². The quantitative estimate of drug-likeness (QED) is 0.558. The first-order valence-corrected chi connectivity index (χ1v) is 7.56. The van der Waals surface area contributed by atoms with Gasteiger partial charge in [0.15, 0.2) is 0 Å². The van der Waals surface area contributed by atoms with Gasteiger partial charge >= 0.3 is 0 Å². The van der Waals surface area contributed by atoms with Crippen LogP contribution in [-0.4, -0.2) is 39.2 Å². The van der Waals surface area contributed by atoms with Gasteiger partial charge in [0, 0.05) is 13.1 Å². The maximum absolute atomic E-state index is 11.5. The van der Waals surface area contributed by atoms with Crippen molar-refractivity contribution in [1.82, 2.24) is 10.0 Å². The number of nitrogens with two attached hydrogens (primary N) is 1. The predicted molar refractivity (Wildman–Crippen MR) is 65.8 cm³/mol. The lowest BCUT2D eigenvalue weighted by Crippen LogP contribution is -2.42. The molecule has 1 rings (SSSR count). The maximum Gasteiger partial charge on any atom is 0.236 e. The minimum atomic E-state index is -3.28. The summed E-state index contributed by atoms with van der Waals surface area (Å²) in [6.45, 7) is 2.17. The summed E-state index contributed by atoms with van der Waals surface area (Å²) < 4.78 is 25.6. The number of rotatable bonds is 7. The molecule has 0 aromatic carbocycles. The molecule has 1 aliphatic rings. The Morgan fingerprint density at radius 3 is 2.59 bits per heavy atom. The van der Waals surface area contributed by atoms with Crippen molar-refractivity contribution in [3.05, 3.63) is 0 Å². The highest BCUT2D eigenvalue weighted by Crippen LogP contribution is 2.25. The maximum atomic E-state index is 11.5. The van der Waals surface area contributed by atoms with Gasteiger partial charge in [-0.05, 0) is 25.7 Å². The Morgan fingerprint density at radius 1 is 1.47 bits per heavy atom. The van der Waals surface area contributed by atoms with Crippen molar-refractivity contribution in [2.45, 2.75) is 32.2 Å². The summed E-state index contributed by atoms with van der Waals surface area (Å²) in [6.07, 6.45) is 3.39. The summed E-state index contributed by atoms with van der Waals surface area (Å²) in [6, 6.07) is -0.611. The summed E-state index contributed by atoms with van der Waals surface area (Å²) in [5.41, 5.74) is 5.33. The second-order valence-electron chi connectivity index (χ2n) is 4.54. The third-order valence-electron chi connectivity index (χ3n) is 2.90. The van der Waals surface area contributed by atoms with Crippen molar-refractivity contribution >= 4 is 15.9 Å². The van der Waals surface area contributed by atoms with Crippen molar-refractivity contribution in [1.29, 1.82) is 0 Å². The molecule has 17 heavy (non-hydrogen) atoms. The van der Waals surface area contributed by atoms with Gasteiger partial charge in [0.2, 0.25) is 15.9 Å². The molecule has 7 heteroatoms. The number of carbonyl (C=O) groups excluding carboxylic acids is 1. The summed E-state index contributed by atoms with van der Waals surface area (Å²) in [7, 11) is -3.28. The SMILES string of the molecule is C[C@@H](N)C(=O)NCCS(=O)(=O)NCC1CCC1. The molecule has 0 aromatic rings. The largest absolute Gasteiger partial charge is 0.354 e. The minimum absolute atomic E-state index is 0.0976. The molecule has 1 amide bonds. The van der Waals surface area contributed by atoms with Crippen molar-refractivity contribution < 1.29 is 13.2 Å². The summed E-state index contributed by atoms with van der Waals surface area (Å²) in [4.78, 5) is 11.1. The fourth-order valence-electron chi connectivity index (χ4n) is 1.48. The van der Waals surface area contributed by atoms with E-state index >= 15 is 0 Å². The lowest BCUT2D eigenvalue weighted by atomic mass is 9.86. The molecule has 1 aliphatic carbocycles. The highest BCUT2D eigenvalue weighted by molar-refractivity contribution is 7.89. The molecule has 1 saturated carbocycles. The molecule has 1 atom stereocenters. The third-order valence-corrected chi connectivity index (χ3v) is 4.25. The van der Waals surface area contributed by atoms with E-state index in [4.69, 9.17) is 5.73 Å². The van der Waals surface area contributed by atoms with Crippen LogP contribution in [0.5, 0.6) is 0 Å². The number of carbonyl (C=O) groups is 1. The van der Waals surface area contributed by atoms with E-state index in [1.54, 1.807) is 6.92 Å². The van der Waals surface area contributed by atoms with Crippen molar-refractivity contribution in [3.63, 3.8) is 0 Å². The third kappa shape index (κ3) is 5.47. The number of amides is 1. The second-order valence-corrected chi connectivity index (χ2v) is 6.47. The molecule has 0 spiro atoms. The topological polar surface area (TPSA) is 101 Å². The summed E-state index contributed by atoms with van der Waals surface area (Å²) in [5.74, 6) is 0.0562. The zero-order chi connectivity index (χ0) is 12.9. The standard InChI is InChI=1S/C10H21N3O3S/c1-8(11)10(14)12-5-6-17(15,16)13-7-9-3-2-4-9/h8-9,13H,2-7,11H2,1H3,(H,12,14)/t8-/m1/s1. The Balaban J connectivity index is 2.17. The average molecular weight is 263 g/mol. The van der Waals surface area contributed by atoms with Gasteiger partial charge in [-0.3, -0.25) is 4.79 Å². The van der Waals surface area contributed by atoms with E-state index in [9.17, 15) is 13.2 Å².